The zero-order chi connectivity index (χ0) is 17.1. The van der Waals surface area contributed by atoms with Crippen LogP contribution >= 0.6 is 11.8 Å². The maximum atomic E-state index is 6.03. The Labute approximate surface area is 154 Å². The number of furan rings is 1. The van der Waals surface area contributed by atoms with Gasteiger partial charge in [0.15, 0.2) is 5.96 Å². The van der Waals surface area contributed by atoms with E-state index in [0.29, 0.717) is 23.5 Å². The minimum atomic E-state index is 0.379. The van der Waals surface area contributed by atoms with E-state index >= 15 is 0 Å². The minimum Gasteiger partial charge on any atom is -0.469 e. The van der Waals surface area contributed by atoms with Crippen LogP contribution in [0.1, 0.15) is 31.4 Å². The van der Waals surface area contributed by atoms with Gasteiger partial charge in [0, 0.05) is 42.7 Å². The summed E-state index contributed by atoms with van der Waals surface area (Å²) < 4.78 is 11.5. The summed E-state index contributed by atoms with van der Waals surface area (Å²) in [5, 5.41) is 7.29. The van der Waals surface area contributed by atoms with E-state index in [1.54, 1.807) is 6.26 Å². The van der Waals surface area contributed by atoms with Crippen LogP contribution in [0.4, 0.5) is 0 Å². The molecule has 1 spiro atoms. The van der Waals surface area contributed by atoms with E-state index in [4.69, 9.17) is 14.1 Å². The van der Waals surface area contributed by atoms with E-state index in [2.05, 4.69) is 16.9 Å². The van der Waals surface area contributed by atoms with Crippen LogP contribution in [-0.4, -0.2) is 49.8 Å². The molecular formula is C19H29N3O2S. The largest absolute Gasteiger partial charge is 0.469 e. The van der Waals surface area contributed by atoms with E-state index in [1.165, 1.54) is 25.7 Å². The summed E-state index contributed by atoms with van der Waals surface area (Å²) in [7, 11) is 0. The van der Waals surface area contributed by atoms with E-state index < -0.39 is 0 Å². The molecule has 0 bridgehead atoms. The monoisotopic (exact) mass is 363 g/mol. The summed E-state index contributed by atoms with van der Waals surface area (Å²) in [6.45, 7) is 2.62. The van der Waals surface area contributed by atoms with Crippen LogP contribution in [0, 0.1) is 11.3 Å². The second-order valence-corrected chi connectivity index (χ2v) is 8.42. The maximum absolute atomic E-state index is 6.03. The van der Waals surface area contributed by atoms with Crippen molar-refractivity contribution in [2.24, 2.45) is 16.3 Å². The van der Waals surface area contributed by atoms with Crippen LogP contribution in [-0.2, 0) is 11.2 Å². The Bertz CT molecular complexity index is 585. The average Bonchev–Trinajstić information content (AvgIpc) is 3.21. The number of fused-ring (bicyclic) bond motifs is 2. The Balaban J connectivity index is 1.36. The van der Waals surface area contributed by atoms with Crippen molar-refractivity contribution in [2.75, 3.05) is 31.7 Å². The van der Waals surface area contributed by atoms with Crippen molar-refractivity contribution in [1.29, 1.82) is 0 Å². The number of nitrogens with zero attached hydrogens (tertiary/aromatic N) is 1. The van der Waals surface area contributed by atoms with Gasteiger partial charge in [-0.05, 0) is 37.7 Å². The van der Waals surface area contributed by atoms with Gasteiger partial charge in [0.05, 0.1) is 18.9 Å². The summed E-state index contributed by atoms with van der Waals surface area (Å²) >= 11 is 1.84. The predicted molar refractivity (Wildman–Crippen MR) is 102 cm³/mol. The molecule has 1 saturated heterocycles. The van der Waals surface area contributed by atoms with E-state index in [1.807, 2.05) is 23.9 Å². The number of guanidine groups is 1. The molecule has 0 radical (unpaired) electrons. The predicted octanol–water partition coefficient (Wildman–Crippen LogP) is 2.68. The topological polar surface area (TPSA) is 58.8 Å². The third-order valence-electron chi connectivity index (χ3n) is 6.14. The minimum absolute atomic E-state index is 0.379. The number of thioether (sulfide) groups is 1. The van der Waals surface area contributed by atoms with Crippen molar-refractivity contribution in [1.82, 2.24) is 10.6 Å². The summed E-state index contributed by atoms with van der Waals surface area (Å²) in [6, 6.07) is 4.49. The number of nitrogens with one attached hydrogen (secondary N) is 2. The molecule has 3 unspecified atom stereocenters. The van der Waals surface area contributed by atoms with Crippen LogP contribution < -0.4 is 10.6 Å². The molecule has 0 amide bonds. The van der Waals surface area contributed by atoms with Gasteiger partial charge in [-0.3, -0.25) is 4.99 Å². The number of ether oxygens (including phenoxy) is 1. The smallest absolute Gasteiger partial charge is 0.191 e. The Morgan fingerprint density at radius 1 is 1.44 bits per heavy atom. The lowest BCUT2D eigenvalue weighted by Crippen LogP contribution is -2.72. The first-order valence-corrected chi connectivity index (χ1v) is 10.9. The van der Waals surface area contributed by atoms with Gasteiger partial charge in [-0.1, -0.05) is 6.42 Å². The standard InChI is InChI=1S/C19H29N3O2S/c1-25-13-10-21-18(20-9-5-14-4-2-11-23-14)22-16-15-6-12-24-17(15)19(16)7-3-8-19/h2,4,11,15-17H,3,5-10,12-13H2,1H3,(H2,20,21,22). The summed E-state index contributed by atoms with van der Waals surface area (Å²) in [4.78, 5) is 4.79. The Morgan fingerprint density at radius 3 is 3.08 bits per heavy atom. The highest BCUT2D eigenvalue weighted by Crippen LogP contribution is 2.62. The molecule has 3 aliphatic rings. The second-order valence-electron chi connectivity index (χ2n) is 7.43. The van der Waals surface area contributed by atoms with Crippen molar-refractivity contribution in [3.05, 3.63) is 24.2 Å². The number of rotatable bonds is 7. The second kappa shape index (κ2) is 7.62. The molecule has 2 heterocycles. The highest BCUT2D eigenvalue weighted by molar-refractivity contribution is 7.98. The van der Waals surface area contributed by atoms with Gasteiger partial charge in [-0.2, -0.15) is 11.8 Å². The highest BCUT2D eigenvalue weighted by atomic mass is 32.2. The van der Waals surface area contributed by atoms with Crippen molar-refractivity contribution < 1.29 is 9.15 Å². The summed E-state index contributed by atoms with van der Waals surface area (Å²) in [5.74, 6) is 3.69. The lowest BCUT2D eigenvalue weighted by Gasteiger charge is -2.63. The van der Waals surface area contributed by atoms with Gasteiger partial charge >= 0.3 is 0 Å². The Hall–Kier alpha value is -1.14. The fourth-order valence-electron chi connectivity index (χ4n) is 4.76. The highest BCUT2D eigenvalue weighted by Gasteiger charge is 2.66. The molecule has 138 valence electrons. The molecule has 3 atom stereocenters. The van der Waals surface area contributed by atoms with Gasteiger partial charge in [0.25, 0.3) is 0 Å². The molecule has 2 N–H and O–H groups in total. The fraction of sp³-hybridized carbons (Fsp3) is 0.737. The van der Waals surface area contributed by atoms with Crippen molar-refractivity contribution >= 4 is 17.7 Å². The zero-order valence-electron chi connectivity index (χ0n) is 15.0. The van der Waals surface area contributed by atoms with Crippen molar-refractivity contribution in [2.45, 2.75) is 44.2 Å². The van der Waals surface area contributed by atoms with Crippen LogP contribution in [0.5, 0.6) is 0 Å². The SMILES string of the molecule is CSCCN=C(NCCc1ccco1)NC1C2CCOC2C12CCC2. The number of hydrogen-bond acceptors (Lipinski definition) is 4. The lowest BCUT2D eigenvalue weighted by atomic mass is 9.46. The normalized spacial score (nSPS) is 29.8. The van der Waals surface area contributed by atoms with E-state index in [9.17, 15) is 0 Å². The Morgan fingerprint density at radius 2 is 2.36 bits per heavy atom. The number of aliphatic imine (C=N–C) groups is 1. The number of hydrogen-bond donors (Lipinski definition) is 2. The lowest BCUT2D eigenvalue weighted by molar-refractivity contribution is -0.171. The van der Waals surface area contributed by atoms with Crippen LogP contribution in [0.3, 0.4) is 0 Å². The first-order chi connectivity index (χ1) is 12.3. The Kier molecular flexibility index (Phi) is 5.27. The average molecular weight is 364 g/mol. The molecule has 1 aromatic heterocycles. The zero-order valence-corrected chi connectivity index (χ0v) is 15.8. The molecule has 0 aromatic carbocycles. The van der Waals surface area contributed by atoms with Crippen LogP contribution in [0.15, 0.2) is 27.8 Å². The van der Waals surface area contributed by atoms with Crippen molar-refractivity contribution in [3.8, 4) is 0 Å². The van der Waals surface area contributed by atoms with Gasteiger partial charge in [-0.15, -0.1) is 0 Å². The first-order valence-electron chi connectivity index (χ1n) is 9.51. The van der Waals surface area contributed by atoms with Gasteiger partial charge in [-0.25, -0.2) is 0 Å². The summed E-state index contributed by atoms with van der Waals surface area (Å²) in [6.07, 6.45) is 10.4. The molecule has 6 heteroatoms. The van der Waals surface area contributed by atoms with Crippen molar-refractivity contribution in [3.63, 3.8) is 0 Å². The molecule has 1 aromatic rings. The molecule has 5 nitrogen and oxygen atoms in total. The molecular weight excluding hydrogens is 334 g/mol. The third-order valence-corrected chi connectivity index (χ3v) is 6.73. The molecule has 2 aliphatic carbocycles. The summed E-state index contributed by atoms with van der Waals surface area (Å²) in [5.41, 5.74) is 0.379. The third kappa shape index (κ3) is 3.31. The van der Waals surface area contributed by atoms with Gasteiger partial charge < -0.3 is 19.8 Å². The molecule has 4 rings (SSSR count). The molecule has 25 heavy (non-hydrogen) atoms. The van der Waals surface area contributed by atoms with Crippen LogP contribution in [0.25, 0.3) is 0 Å². The molecule has 2 saturated carbocycles. The van der Waals surface area contributed by atoms with Crippen LogP contribution in [0.2, 0.25) is 0 Å². The maximum Gasteiger partial charge on any atom is 0.191 e. The fourth-order valence-corrected chi connectivity index (χ4v) is 5.04. The molecule has 1 aliphatic heterocycles. The first kappa shape index (κ1) is 17.3. The van der Waals surface area contributed by atoms with Gasteiger partial charge in [0.2, 0.25) is 0 Å². The quantitative estimate of drug-likeness (QED) is 0.443. The molecule has 3 fully saturated rings. The van der Waals surface area contributed by atoms with E-state index in [0.717, 1.165) is 43.6 Å². The van der Waals surface area contributed by atoms with E-state index in [-0.39, 0.29) is 0 Å². The van der Waals surface area contributed by atoms with Gasteiger partial charge in [0.1, 0.15) is 5.76 Å².